The van der Waals surface area contributed by atoms with Crippen LogP contribution in [0.3, 0.4) is 0 Å². The van der Waals surface area contributed by atoms with E-state index < -0.39 is 73.9 Å². The van der Waals surface area contributed by atoms with E-state index >= 15 is 0 Å². The number of methoxy groups -OCH3 is 2. The number of benzene rings is 2. The third kappa shape index (κ3) is 4.90. The zero-order valence-corrected chi connectivity index (χ0v) is 21.1. The molecular formula is C26H32O13. The van der Waals surface area contributed by atoms with Gasteiger partial charge in [-0.05, 0) is 35.4 Å². The summed E-state index contributed by atoms with van der Waals surface area (Å²) in [5.41, 5.74) is 1.07. The van der Waals surface area contributed by atoms with E-state index in [1.54, 1.807) is 24.3 Å². The van der Waals surface area contributed by atoms with Crippen LogP contribution >= 0.6 is 0 Å². The molecule has 0 radical (unpaired) electrons. The molecule has 3 heterocycles. The molecular weight excluding hydrogens is 520 g/mol. The maximum atomic E-state index is 11.1. The number of hydrogen-bond donors (Lipinski definition) is 7. The third-order valence-electron chi connectivity index (χ3n) is 7.54. The summed E-state index contributed by atoms with van der Waals surface area (Å²) in [6, 6.07) is 9.14. The maximum Gasteiger partial charge on any atom is 0.189 e. The van der Waals surface area contributed by atoms with Gasteiger partial charge >= 0.3 is 0 Å². The van der Waals surface area contributed by atoms with Gasteiger partial charge in [0, 0.05) is 0 Å². The van der Waals surface area contributed by atoms with Crippen LogP contribution in [0.5, 0.6) is 23.0 Å². The molecule has 3 aliphatic heterocycles. The molecule has 2 aromatic rings. The molecule has 2 aromatic carbocycles. The predicted molar refractivity (Wildman–Crippen MR) is 129 cm³/mol. The van der Waals surface area contributed by atoms with E-state index in [0.29, 0.717) is 11.1 Å². The summed E-state index contributed by atoms with van der Waals surface area (Å²) >= 11 is 0. The third-order valence-corrected chi connectivity index (χ3v) is 7.54. The number of rotatable bonds is 7. The SMILES string of the molecule is COc1cc(C2O[C@@H](O)C3C(c4ccc(O)c(OC)c4)O[C@@H](O[C@@H]4O[C@H](CO)[C@@H](O)[C@H](O)[C@H]4O)C23)ccc1O. The van der Waals surface area contributed by atoms with Crippen LogP contribution in [0.25, 0.3) is 0 Å². The van der Waals surface area contributed by atoms with Crippen LogP contribution < -0.4 is 9.47 Å². The highest BCUT2D eigenvalue weighted by atomic mass is 16.8. The first-order chi connectivity index (χ1) is 18.7. The second kappa shape index (κ2) is 11.0. The van der Waals surface area contributed by atoms with Crippen LogP contribution in [0.1, 0.15) is 23.3 Å². The fourth-order valence-corrected chi connectivity index (χ4v) is 5.50. The van der Waals surface area contributed by atoms with Gasteiger partial charge in [0.05, 0.1) is 44.9 Å². The largest absolute Gasteiger partial charge is 0.504 e. The lowest BCUT2D eigenvalue weighted by Crippen LogP contribution is -2.60. The second-order valence-corrected chi connectivity index (χ2v) is 9.72. The average Bonchev–Trinajstić information content (AvgIpc) is 3.48. The smallest absolute Gasteiger partial charge is 0.189 e. The summed E-state index contributed by atoms with van der Waals surface area (Å²) < 4.78 is 34.2. The Morgan fingerprint density at radius 3 is 1.79 bits per heavy atom. The summed E-state index contributed by atoms with van der Waals surface area (Å²) in [6.45, 7) is -0.643. The van der Waals surface area contributed by atoms with Crippen molar-refractivity contribution in [2.75, 3.05) is 20.8 Å². The Morgan fingerprint density at radius 2 is 1.26 bits per heavy atom. The van der Waals surface area contributed by atoms with Crippen molar-refractivity contribution in [2.45, 2.75) is 55.5 Å². The number of hydrogen-bond acceptors (Lipinski definition) is 13. The summed E-state index contributed by atoms with van der Waals surface area (Å²) in [5, 5.41) is 71.7. The summed E-state index contributed by atoms with van der Waals surface area (Å²) in [7, 11) is 2.79. The van der Waals surface area contributed by atoms with Gasteiger partial charge in [-0.15, -0.1) is 0 Å². The minimum atomic E-state index is -1.68. The molecule has 3 aliphatic rings. The summed E-state index contributed by atoms with van der Waals surface area (Å²) in [6.07, 6.45) is -11.8. The van der Waals surface area contributed by atoms with Gasteiger partial charge in [0.1, 0.15) is 24.4 Å². The molecule has 5 rings (SSSR count). The van der Waals surface area contributed by atoms with Gasteiger partial charge in [0.2, 0.25) is 0 Å². The number of aliphatic hydroxyl groups is 5. The van der Waals surface area contributed by atoms with Gasteiger partial charge in [-0.2, -0.15) is 0 Å². The van der Waals surface area contributed by atoms with Crippen molar-refractivity contribution < 1.29 is 64.2 Å². The van der Waals surface area contributed by atoms with E-state index in [2.05, 4.69) is 0 Å². The molecule has 0 aliphatic carbocycles. The number of ether oxygens (including phenoxy) is 6. The van der Waals surface area contributed by atoms with E-state index in [1.807, 2.05) is 0 Å². The van der Waals surface area contributed by atoms with Crippen LogP contribution in [0.15, 0.2) is 36.4 Å². The molecule has 0 spiro atoms. The Balaban J connectivity index is 1.51. The van der Waals surface area contributed by atoms with E-state index in [4.69, 9.17) is 28.4 Å². The van der Waals surface area contributed by atoms with Gasteiger partial charge in [-0.1, -0.05) is 12.1 Å². The molecule has 0 aromatic heterocycles. The zero-order chi connectivity index (χ0) is 28.0. The predicted octanol–water partition coefficient (Wildman–Crippen LogP) is -0.349. The molecule has 13 nitrogen and oxygen atoms in total. The van der Waals surface area contributed by atoms with Crippen molar-refractivity contribution in [3.8, 4) is 23.0 Å². The van der Waals surface area contributed by atoms with E-state index in [0.717, 1.165) is 0 Å². The first-order valence-corrected chi connectivity index (χ1v) is 12.4. The molecule has 11 atom stereocenters. The Kier molecular flexibility index (Phi) is 7.88. The lowest BCUT2D eigenvalue weighted by molar-refractivity contribution is -0.342. The van der Waals surface area contributed by atoms with Gasteiger partial charge in [0.15, 0.2) is 41.9 Å². The lowest BCUT2D eigenvalue weighted by atomic mass is 9.83. The highest BCUT2D eigenvalue weighted by Gasteiger charge is 2.60. The van der Waals surface area contributed by atoms with Crippen LogP contribution in [0.4, 0.5) is 0 Å². The molecule has 3 fully saturated rings. The van der Waals surface area contributed by atoms with Crippen LogP contribution in [0, 0.1) is 11.8 Å². The standard InChI is InChI=1S/C26H32O13/c1-34-14-7-10(3-5-12(14)28)22-17-18(23(37-24(17)33)11-4-6-13(29)15(8-11)35-2)25(38-22)39-26-21(32)20(31)19(30)16(9-27)36-26/h3-8,16-33H,9H2,1-2H3/t16-,17?,18?,19-,20+,21-,22?,23?,24-,25+,26+/m1/s1. The Hall–Kier alpha value is -2.72. The first-order valence-electron chi connectivity index (χ1n) is 12.4. The van der Waals surface area contributed by atoms with Crippen molar-refractivity contribution in [1.82, 2.24) is 0 Å². The highest BCUT2D eigenvalue weighted by Crippen LogP contribution is 2.57. The average molecular weight is 553 g/mol. The topological polar surface area (TPSA) is 197 Å². The fraction of sp³-hybridized carbons (Fsp3) is 0.538. The molecule has 7 N–H and O–H groups in total. The van der Waals surface area contributed by atoms with Crippen molar-refractivity contribution in [1.29, 1.82) is 0 Å². The van der Waals surface area contributed by atoms with Gasteiger partial charge in [-0.3, -0.25) is 0 Å². The van der Waals surface area contributed by atoms with E-state index in [1.165, 1.54) is 26.4 Å². The van der Waals surface area contributed by atoms with Crippen LogP contribution in [0.2, 0.25) is 0 Å². The van der Waals surface area contributed by atoms with E-state index in [-0.39, 0.29) is 23.0 Å². The number of aliphatic hydroxyl groups excluding tert-OH is 5. The molecule has 13 heteroatoms. The molecule has 4 unspecified atom stereocenters. The summed E-state index contributed by atoms with van der Waals surface area (Å²) in [4.78, 5) is 0. The van der Waals surface area contributed by atoms with Crippen molar-refractivity contribution in [3.63, 3.8) is 0 Å². The quantitative estimate of drug-likeness (QED) is 0.236. The van der Waals surface area contributed by atoms with Gasteiger partial charge in [0.25, 0.3) is 0 Å². The molecule has 0 saturated carbocycles. The normalized spacial score (nSPS) is 38.0. The number of phenolic OH excluding ortho intramolecular Hbond substituents is 2. The van der Waals surface area contributed by atoms with Crippen LogP contribution in [-0.2, 0) is 18.9 Å². The first kappa shape index (κ1) is 27.8. The lowest BCUT2D eigenvalue weighted by Gasteiger charge is -2.41. The Bertz CT molecular complexity index is 1110. The fourth-order valence-electron chi connectivity index (χ4n) is 5.50. The van der Waals surface area contributed by atoms with Crippen molar-refractivity contribution in [2.24, 2.45) is 11.8 Å². The van der Waals surface area contributed by atoms with E-state index in [9.17, 15) is 35.7 Å². The minimum absolute atomic E-state index is 0.0952. The van der Waals surface area contributed by atoms with Gasteiger partial charge < -0.3 is 64.2 Å². The number of aromatic hydroxyl groups is 2. The molecule has 3 saturated heterocycles. The van der Waals surface area contributed by atoms with Gasteiger partial charge in [-0.25, -0.2) is 0 Å². The Labute approximate surface area is 223 Å². The van der Waals surface area contributed by atoms with Crippen molar-refractivity contribution in [3.05, 3.63) is 47.5 Å². The number of phenols is 2. The number of fused-ring (bicyclic) bond motifs is 1. The minimum Gasteiger partial charge on any atom is -0.504 e. The monoisotopic (exact) mass is 552 g/mol. The Morgan fingerprint density at radius 1 is 0.692 bits per heavy atom. The second-order valence-electron chi connectivity index (χ2n) is 9.72. The molecule has 0 bridgehead atoms. The highest BCUT2D eigenvalue weighted by molar-refractivity contribution is 5.44. The van der Waals surface area contributed by atoms with Crippen molar-refractivity contribution >= 4 is 0 Å². The molecule has 214 valence electrons. The maximum absolute atomic E-state index is 11.1. The molecule has 39 heavy (non-hydrogen) atoms. The molecule has 0 amide bonds. The zero-order valence-electron chi connectivity index (χ0n) is 21.1. The summed E-state index contributed by atoms with van der Waals surface area (Å²) in [5.74, 6) is -1.27. The van der Waals surface area contributed by atoms with Crippen LogP contribution in [-0.4, -0.2) is 99.9 Å².